The maximum absolute atomic E-state index is 12.3. The number of hydrogen-bond donors (Lipinski definition) is 0. The van der Waals surface area contributed by atoms with E-state index in [0.29, 0.717) is 11.3 Å². The number of fused-ring (bicyclic) bond motifs is 1. The van der Waals surface area contributed by atoms with E-state index in [2.05, 4.69) is 4.18 Å². The molecule has 0 saturated heterocycles. The van der Waals surface area contributed by atoms with Crippen molar-refractivity contribution in [2.24, 2.45) is 0 Å². The molecule has 1 aliphatic carbocycles. The molecule has 4 nitrogen and oxygen atoms in total. The Morgan fingerprint density at radius 2 is 1.95 bits per heavy atom. The molecule has 22 heavy (non-hydrogen) atoms. The second-order valence-corrected chi connectivity index (χ2v) is 6.49. The third kappa shape index (κ3) is 3.28. The molecular formula is C12H9Cl2F3O4S. The van der Waals surface area contributed by atoms with Gasteiger partial charge in [-0.3, -0.25) is 0 Å². The van der Waals surface area contributed by atoms with Gasteiger partial charge < -0.3 is 8.92 Å². The zero-order valence-corrected chi connectivity index (χ0v) is 13.1. The lowest BCUT2D eigenvalue weighted by molar-refractivity contribution is -0.0509. The van der Waals surface area contributed by atoms with Gasteiger partial charge >= 0.3 is 15.6 Å². The molecular weight excluding hydrogens is 368 g/mol. The zero-order chi connectivity index (χ0) is 16.5. The Kier molecular flexibility index (Phi) is 4.84. The first kappa shape index (κ1) is 17.2. The molecule has 10 heteroatoms. The van der Waals surface area contributed by atoms with Crippen LogP contribution in [0.2, 0.25) is 5.02 Å². The number of hydrogen-bond acceptors (Lipinski definition) is 4. The van der Waals surface area contributed by atoms with Crippen molar-refractivity contribution in [1.82, 2.24) is 0 Å². The monoisotopic (exact) mass is 376 g/mol. The number of benzene rings is 1. The molecule has 1 aromatic carbocycles. The molecule has 0 amide bonds. The third-order valence-corrected chi connectivity index (χ3v) is 4.32. The Morgan fingerprint density at radius 3 is 2.55 bits per heavy atom. The molecule has 1 aliphatic rings. The second kappa shape index (κ2) is 6.17. The minimum atomic E-state index is -5.72. The van der Waals surface area contributed by atoms with Crippen molar-refractivity contribution >= 4 is 39.1 Å². The lowest BCUT2D eigenvalue weighted by atomic mass is 10.1. The van der Waals surface area contributed by atoms with Gasteiger partial charge in [0.25, 0.3) is 0 Å². The van der Waals surface area contributed by atoms with Crippen LogP contribution in [0.25, 0.3) is 5.76 Å². The molecule has 0 fully saturated rings. The van der Waals surface area contributed by atoms with E-state index in [9.17, 15) is 21.6 Å². The quantitative estimate of drug-likeness (QED) is 0.446. The molecule has 0 saturated carbocycles. The van der Waals surface area contributed by atoms with Crippen LogP contribution in [-0.4, -0.2) is 26.4 Å². The largest absolute Gasteiger partial charge is 0.534 e. The SMILES string of the molecule is O=S(=O)(OC1=CCc2c1ccc(OCCCl)c2Cl)C(F)(F)F. The maximum atomic E-state index is 12.3. The van der Waals surface area contributed by atoms with Crippen LogP contribution in [-0.2, 0) is 20.7 Å². The van der Waals surface area contributed by atoms with Gasteiger partial charge in [-0.25, -0.2) is 0 Å². The second-order valence-electron chi connectivity index (χ2n) is 4.20. The van der Waals surface area contributed by atoms with Gasteiger partial charge in [-0.15, -0.1) is 11.6 Å². The molecule has 0 spiro atoms. The summed E-state index contributed by atoms with van der Waals surface area (Å²) < 4.78 is 68.6. The van der Waals surface area contributed by atoms with E-state index in [0.717, 1.165) is 0 Å². The van der Waals surface area contributed by atoms with Crippen LogP contribution in [0.1, 0.15) is 11.1 Å². The van der Waals surface area contributed by atoms with Gasteiger partial charge in [0.15, 0.2) is 0 Å². The summed E-state index contributed by atoms with van der Waals surface area (Å²) in [5.74, 6) is 0.150. The van der Waals surface area contributed by atoms with Crippen molar-refractivity contribution < 1.29 is 30.5 Å². The predicted octanol–water partition coefficient (Wildman–Crippen LogP) is 3.72. The van der Waals surface area contributed by atoms with Gasteiger partial charge in [0.1, 0.15) is 18.1 Å². The Bertz CT molecular complexity index is 714. The van der Waals surface area contributed by atoms with Crippen molar-refractivity contribution in [2.75, 3.05) is 12.5 Å². The van der Waals surface area contributed by atoms with E-state index in [1.165, 1.54) is 18.2 Å². The highest BCUT2D eigenvalue weighted by Crippen LogP contribution is 2.40. The fourth-order valence-corrected chi connectivity index (χ4v) is 2.70. The standard InChI is InChI=1S/C12H9Cl2F3O4S/c13-5-6-20-10-4-1-7-8(11(10)14)2-3-9(7)21-22(18,19)12(15,16)17/h1,3-4H,2,5-6H2. The Morgan fingerprint density at radius 1 is 1.27 bits per heavy atom. The van der Waals surface area contributed by atoms with Crippen LogP contribution in [0.4, 0.5) is 13.2 Å². The summed E-state index contributed by atoms with van der Waals surface area (Å²) in [6.07, 6.45) is 1.35. The molecule has 2 rings (SSSR count). The normalized spacial score (nSPS) is 14.5. The molecule has 0 bridgehead atoms. The van der Waals surface area contributed by atoms with Gasteiger partial charge in [0.05, 0.1) is 10.9 Å². The minimum absolute atomic E-state index is 0.134. The number of rotatable bonds is 5. The summed E-state index contributed by atoms with van der Waals surface area (Å²) in [7, 11) is -5.72. The van der Waals surface area contributed by atoms with Crippen molar-refractivity contribution in [2.45, 2.75) is 11.9 Å². The molecule has 0 atom stereocenters. The van der Waals surface area contributed by atoms with E-state index >= 15 is 0 Å². The summed E-state index contributed by atoms with van der Waals surface area (Å²) >= 11 is 11.6. The van der Waals surface area contributed by atoms with Gasteiger partial charge in [-0.2, -0.15) is 21.6 Å². The van der Waals surface area contributed by atoms with E-state index < -0.39 is 21.4 Å². The first-order valence-electron chi connectivity index (χ1n) is 5.89. The van der Waals surface area contributed by atoms with E-state index in [4.69, 9.17) is 27.9 Å². The molecule has 0 aromatic heterocycles. The zero-order valence-electron chi connectivity index (χ0n) is 10.8. The van der Waals surface area contributed by atoms with E-state index in [1.54, 1.807) is 0 Å². The highest BCUT2D eigenvalue weighted by molar-refractivity contribution is 7.87. The summed E-state index contributed by atoms with van der Waals surface area (Å²) in [6.45, 7) is 0.208. The van der Waals surface area contributed by atoms with Crippen molar-refractivity contribution in [3.8, 4) is 5.75 Å². The average Bonchev–Trinajstić information content (AvgIpc) is 2.80. The molecule has 0 unspecified atom stereocenters. The molecule has 0 aliphatic heterocycles. The van der Waals surface area contributed by atoms with Gasteiger partial charge in [-0.05, 0) is 30.2 Å². The topological polar surface area (TPSA) is 52.6 Å². The minimum Gasteiger partial charge on any atom is -0.491 e. The Labute approximate surface area is 134 Å². The smallest absolute Gasteiger partial charge is 0.491 e. The molecule has 0 radical (unpaired) electrons. The fourth-order valence-electron chi connectivity index (χ4n) is 1.84. The fraction of sp³-hybridized carbons (Fsp3) is 0.333. The lowest BCUT2D eigenvalue weighted by Gasteiger charge is -2.13. The number of alkyl halides is 4. The highest BCUT2D eigenvalue weighted by atomic mass is 35.5. The van der Waals surface area contributed by atoms with Crippen LogP contribution in [0, 0.1) is 0 Å². The van der Waals surface area contributed by atoms with E-state index in [1.807, 2.05) is 0 Å². The van der Waals surface area contributed by atoms with Crippen LogP contribution in [0.3, 0.4) is 0 Å². The molecule has 1 aromatic rings. The number of halogens is 5. The van der Waals surface area contributed by atoms with Crippen LogP contribution >= 0.6 is 23.2 Å². The summed E-state index contributed by atoms with van der Waals surface area (Å²) in [4.78, 5) is 0. The van der Waals surface area contributed by atoms with Gasteiger partial charge in [-0.1, -0.05) is 11.6 Å². The highest BCUT2D eigenvalue weighted by Gasteiger charge is 2.49. The first-order valence-corrected chi connectivity index (χ1v) is 8.21. The number of allylic oxidation sites excluding steroid dienone is 1. The van der Waals surface area contributed by atoms with Crippen LogP contribution in [0.15, 0.2) is 18.2 Å². The van der Waals surface area contributed by atoms with Crippen LogP contribution in [0.5, 0.6) is 5.75 Å². The Balaban J connectivity index is 2.28. The maximum Gasteiger partial charge on any atom is 0.534 e. The third-order valence-electron chi connectivity index (χ3n) is 2.78. The molecule has 0 heterocycles. The Hall–Kier alpha value is -1.12. The number of ether oxygens (including phenoxy) is 1. The summed E-state index contributed by atoms with van der Waals surface area (Å²) in [5, 5.41) is 0.182. The van der Waals surface area contributed by atoms with Gasteiger partial charge in [0, 0.05) is 5.56 Å². The van der Waals surface area contributed by atoms with Crippen molar-refractivity contribution in [3.63, 3.8) is 0 Å². The molecule has 0 N–H and O–H groups in total. The first-order chi connectivity index (χ1) is 10.2. The average molecular weight is 377 g/mol. The lowest BCUT2D eigenvalue weighted by Crippen LogP contribution is -2.24. The van der Waals surface area contributed by atoms with Crippen LogP contribution < -0.4 is 4.74 Å². The predicted molar refractivity (Wildman–Crippen MR) is 75.4 cm³/mol. The van der Waals surface area contributed by atoms with E-state index in [-0.39, 0.29) is 29.5 Å². The van der Waals surface area contributed by atoms with Crippen molar-refractivity contribution in [1.29, 1.82) is 0 Å². The summed E-state index contributed by atoms with van der Waals surface area (Å²) in [6, 6.07) is 2.80. The van der Waals surface area contributed by atoms with Gasteiger partial charge in [0.2, 0.25) is 0 Å². The van der Waals surface area contributed by atoms with Crippen molar-refractivity contribution in [3.05, 3.63) is 34.4 Å². The summed E-state index contributed by atoms with van der Waals surface area (Å²) in [5.41, 5.74) is -4.89. The molecule has 122 valence electrons.